The first kappa shape index (κ1) is 9.72. The van der Waals surface area contributed by atoms with Crippen LogP contribution in [-0.2, 0) is 6.42 Å². The Bertz CT molecular complexity index is 289. The second kappa shape index (κ2) is 4.14. The van der Waals surface area contributed by atoms with Crippen molar-refractivity contribution in [3.8, 4) is 0 Å². The van der Waals surface area contributed by atoms with E-state index in [4.69, 9.17) is 5.11 Å². The summed E-state index contributed by atoms with van der Waals surface area (Å²) in [4.78, 5) is 0. The number of rotatable bonds is 4. The van der Waals surface area contributed by atoms with Gasteiger partial charge in [-0.15, -0.1) is 0 Å². The van der Waals surface area contributed by atoms with Crippen LogP contribution in [0.4, 0.5) is 0 Å². The van der Waals surface area contributed by atoms with Crippen molar-refractivity contribution in [2.24, 2.45) is 11.8 Å². The predicted molar refractivity (Wildman–Crippen MR) is 58.2 cm³/mol. The molecule has 1 nitrogen and oxygen atoms in total. The maximum absolute atomic E-state index is 8.91. The van der Waals surface area contributed by atoms with Crippen molar-refractivity contribution in [3.63, 3.8) is 0 Å². The van der Waals surface area contributed by atoms with Gasteiger partial charge in [0, 0.05) is 6.61 Å². The first-order valence-corrected chi connectivity index (χ1v) is 5.46. The lowest BCUT2D eigenvalue weighted by Gasteiger charge is -2.01. The lowest BCUT2D eigenvalue weighted by Crippen LogP contribution is -1.92. The van der Waals surface area contributed by atoms with Crippen molar-refractivity contribution in [2.75, 3.05) is 6.61 Å². The first-order valence-electron chi connectivity index (χ1n) is 5.46. The Morgan fingerprint density at radius 1 is 1.21 bits per heavy atom. The van der Waals surface area contributed by atoms with Crippen LogP contribution in [0.5, 0.6) is 0 Å². The zero-order valence-corrected chi connectivity index (χ0v) is 8.74. The highest BCUT2D eigenvalue weighted by Gasteiger charge is 2.35. The van der Waals surface area contributed by atoms with E-state index >= 15 is 0 Å². The Labute approximate surface area is 85.8 Å². The summed E-state index contributed by atoms with van der Waals surface area (Å²) in [5, 5.41) is 8.91. The molecule has 1 aliphatic carbocycles. The largest absolute Gasteiger partial charge is 0.396 e. The van der Waals surface area contributed by atoms with Crippen LogP contribution in [0.3, 0.4) is 0 Å². The Kier molecular flexibility index (Phi) is 2.87. The topological polar surface area (TPSA) is 20.2 Å². The molecule has 2 rings (SSSR count). The summed E-state index contributed by atoms with van der Waals surface area (Å²) >= 11 is 0. The van der Waals surface area contributed by atoms with Crippen molar-refractivity contribution >= 4 is 0 Å². The molecular formula is C13H18O. The van der Waals surface area contributed by atoms with Gasteiger partial charge in [0.1, 0.15) is 0 Å². The lowest BCUT2D eigenvalue weighted by atomic mass is 10.1. The van der Waals surface area contributed by atoms with Gasteiger partial charge in [0.2, 0.25) is 0 Å². The van der Waals surface area contributed by atoms with E-state index in [1.807, 2.05) is 0 Å². The van der Waals surface area contributed by atoms with Crippen LogP contribution in [0.2, 0.25) is 0 Å². The molecule has 14 heavy (non-hydrogen) atoms. The van der Waals surface area contributed by atoms with Gasteiger partial charge < -0.3 is 5.11 Å². The molecule has 0 amide bonds. The summed E-state index contributed by atoms with van der Waals surface area (Å²) in [5.41, 5.74) is 2.76. The van der Waals surface area contributed by atoms with Crippen molar-refractivity contribution in [1.82, 2.24) is 0 Å². The normalized spacial score (nSPS) is 25.0. The summed E-state index contributed by atoms with van der Waals surface area (Å²) in [7, 11) is 0. The third kappa shape index (κ3) is 2.36. The Hall–Kier alpha value is -0.820. The molecule has 0 bridgehead atoms. The van der Waals surface area contributed by atoms with E-state index in [0.717, 1.165) is 5.92 Å². The van der Waals surface area contributed by atoms with Gasteiger partial charge in [-0.1, -0.05) is 29.8 Å². The van der Waals surface area contributed by atoms with Crippen LogP contribution in [0.25, 0.3) is 0 Å². The van der Waals surface area contributed by atoms with Gasteiger partial charge in [0.05, 0.1) is 0 Å². The highest BCUT2D eigenvalue weighted by molar-refractivity contribution is 5.21. The summed E-state index contributed by atoms with van der Waals surface area (Å²) in [6, 6.07) is 8.77. The van der Waals surface area contributed by atoms with Crippen LogP contribution in [0, 0.1) is 18.8 Å². The Morgan fingerprint density at radius 2 is 1.93 bits per heavy atom. The number of hydrogen-bond donors (Lipinski definition) is 1. The second-order valence-corrected chi connectivity index (χ2v) is 4.46. The first-order chi connectivity index (χ1) is 6.79. The molecule has 1 saturated carbocycles. The van der Waals surface area contributed by atoms with Crippen LogP contribution < -0.4 is 0 Å². The average molecular weight is 190 g/mol. The third-order valence-corrected chi connectivity index (χ3v) is 3.23. The summed E-state index contributed by atoms with van der Waals surface area (Å²) in [6.45, 7) is 2.50. The molecule has 0 heterocycles. The highest BCUT2D eigenvalue weighted by Crippen LogP contribution is 2.41. The molecule has 0 saturated heterocycles. The minimum atomic E-state index is 0.387. The summed E-state index contributed by atoms with van der Waals surface area (Å²) in [6.07, 6.45) is 3.65. The predicted octanol–water partition coefficient (Wildman–Crippen LogP) is 2.56. The van der Waals surface area contributed by atoms with E-state index in [-0.39, 0.29) is 0 Å². The summed E-state index contributed by atoms with van der Waals surface area (Å²) < 4.78 is 0. The number of aliphatic hydroxyl groups is 1. The van der Waals surface area contributed by atoms with Gasteiger partial charge in [-0.25, -0.2) is 0 Å². The van der Waals surface area contributed by atoms with Crippen molar-refractivity contribution in [3.05, 3.63) is 35.4 Å². The van der Waals surface area contributed by atoms with Crippen LogP contribution in [0.1, 0.15) is 24.0 Å². The SMILES string of the molecule is Cc1ccc(CCC2CC2CO)cc1. The van der Waals surface area contributed by atoms with Gasteiger partial charge in [0.15, 0.2) is 0 Å². The van der Waals surface area contributed by atoms with Gasteiger partial charge in [-0.2, -0.15) is 0 Å². The van der Waals surface area contributed by atoms with E-state index < -0.39 is 0 Å². The van der Waals surface area contributed by atoms with Crippen LogP contribution in [-0.4, -0.2) is 11.7 Å². The standard InChI is InChI=1S/C13H18O/c1-10-2-4-11(5-3-10)6-7-12-8-13(12)9-14/h2-5,12-14H,6-9H2,1H3. The molecule has 2 unspecified atom stereocenters. The third-order valence-electron chi connectivity index (χ3n) is 3.23. The highest BCUT2D eigenvalue weighted by atomic mass is 16.3. The fourth-order valence-electron chi connectivity index (χ4n) is 1.99. The molecule has 1 fully saturated rings. The molecule has 1 aromatic rings. The van der Waals surface area contributed by atoms with Crippen molar-refractivity contribution in [1.29, 1.82) is 0 Å². The number of aryl methyl sites for hydroxylation is 2. The van der Waals surface area contributed by atoms with E-state index in [0.29, 0.717) is 12.5 Å². The Balaban J connectivity index is 1.78. The molecule has 1 aliphatic rings. The van der Waals surface area contributed by atoms with Crippen molar-refractivity contribution in [2.45, 2.75) is 26.2 Å². The van der Waals surface area contributed by atoms with E-state index in [9.17, 15) is 0 Å². The van der Waals surface area contributed by atoms with Gasteiger partial charge in [-0.05, 0) is 43.6 Å². The molecule has 1 aromatic carbocycles. The van der Waals surface area contributed by atoms with Crippen LogP contribution >= 0.6 is 0 Å². The lowest BCUT2D eigenvalue weighted by molar-refractivity contribution is 0.267. The molecule has 2 atom stereocenters. The smallest absolute Gasteiger partial charge is 0.0462 e. The van der Waals surface area contributed by atoms with E-state index in [1.54, 1.807) is 0 Å². The minimum absolute atomic E-state index is 0.387. The molecule has 0 aliphatic heterocycles. The number of hydrogen-bond acceptors (Lipinski definition) is 1. The molecule has 0 aromatic heterocycles. The minimum Gasteiger partial charge on any atom is -0.396 e. The molecule has 1 heteroatoms. The number of aliphatic hydroxyl groups excluding tert-OH is 1. The molecule has 0 radical (unpaired) electrons. The second-order valence-electron chi connectivity index (χ2n) is 4.46. The fourth-order valence-corrected chi connectivity index (χ4v) is 1.99. The van der Waals surface area contributed by atoms with E-state index in [1.165, 1.54) is 30.4 Å². The Morgan fingerprint density at radius 3 is 2.50 bits per heavy atom. The maximum Gasteiger partial charge on any atom is 0.0462 e. The zero-order valence-electron chi connectivity index (χ0n) is 8.74. The fraction of sp³-hybridized carbons (Fsp3) is 0.538. The van der Waals surface area contributed by atoms with E-state index in [2.05, 4.69) is 31.2 Å². The van der Waals surface area contributed by atoms with Crippen molar-refractivity contribution < 1.29 is 5.11 Å². The average Bonchev–Trinajstić information content (AvgIpc) is 2.96. The van der Waals surface area contributed by atoms with Gasteiger partial charge >= 0.3 is 0 Å². The monoisotopic (exact) mass is 190 g/mol. The summed E-state index contributed by atoms with van der Waals surface area (Å²) in [5.74, 6) is 1.40. The van der Waals surface area contributed by atoms with Crippen LogP contribution in [0.15, 0.2) is 24.3 Å². The number of benzene rings is 1. The maximum atomic E-state index is 8.91. The van der Waals surface area contributed by atoms with Gasteiger partial charge in [0.25, 0.3) is 0 Å². The zero-order chi connectivity index (χ0) is 9.97. The molecule has 1 N–H and O–H groups in total. The molecular weight excluding hydrogens is 172 g/mol. The quantitative estimate of drug-likeness (QED) is 0.773. The molecule has 76 valence electrons. The van der Waals surface area contributed by atoms with Gasteiger partial charge in [-0.3, -0.25) is 0 Å². The molecule has 0 spiro atoms.